The highest BCUT2D eigenvalue weighted by Gasteiger charge is 2.45. The number of hydrogen-bond donors (Lipinski definition) is 1. The second-order valence-corrected chi connectivity index (χ2v) is 11.3. The van der Waals surface area contributed by atoms with E-state index < -0.39 is 42.5 Å². The Morgan fingerprint density at radius 1 is 1.07 bits per heavy atom. The molecule has 3 rings (SSSR count). The lowest BCUT2D eigenvalue weighted by atomic mass is 10.1. The molecular formula is C19H21F2NO4S2. The van der Waals surface area contributed by atoms with Crippen LogP contribution in [0.5, 0.6) is 0 Å². The van der Waals surface area contributed by atoms with Crippen molar-refractivity contribution in [3.63, 3.8) is 0 Å². The van der Waals surface area contributed by atoms with Crippen molar-refractivity contribution in [1.29, 1.82) is 0 Å². The summed E-state index contributed by atoms with van der Waals surface area (Å²) in [5.74, 6) is -1.62. The molecule has 0 bridgehead atoms. The van der Waals surface area contributed by atoms with Crippen LogP contribution in [0.25, 0.3) is 0 Å². The van der Waals surface area contributed by atoms with E-state index in [0.29, 0.717) is 13.0 Å². The van der Waals surface area contributed by atoms with Gasteiger partial charge in [-0.05, 0) is 61.3 Å². The summed E-state index contributed by atoms with van der Waals surface area (Å²) >= 11 is 0. The van der Waals surface area contributed by atoms with E-state index in [4.69, 9.17) is 0 Å². The average Bonchev–Trinajstić information content (AvgIpc) is 2.94. The minimum Gasteiger partial charge on any atom is -0.311 e. The summed E-state index contributed by atoms with van der Waals surface area (Å²) in [6.45, 7) is 1.80. The molecule has 1 heterocycles. The highest BCUT2D eigenvalue weighted by atomic mass is 32.2. The molecule has 2 aromatic carbocycles. The maximum Gasteiger partial charge on any atom is 0.183 e. The Balaban J connectivity index is 1.77. The lowest BCUT2D eigenvalue weighted by molar-refractivity contribution is 0.528. The van der Waals surface area contributed by atoms with E-state index in [0.717, 1.165) is 17.7 Å². The molecule has 0 spiro atoms. The van der Waals surface area contributed by atoms with Crippen molar-refractivity contribution in [2.45, 2.75) is 29.5 Å². The Morgan fingerprint density at radius 2 is 1.75 bits per heavy atom. The van der Waals surface area contributed by atoms with Crippen molar-refractivity contribution in [3.05, 3.63) is 65.2 Å². The average molecular weight is 430 g/mol. The number of halogens is 2. The predicted octanol–water partition coefficient (Wildman–Crippen LogP) is 2.04. The molecule has 0 amide bonds. The number of sulfone groups is 2. The van der Waals surface area contributed by atoms with Crippen LogP contribution in [0.2, 0.25) is 0 Å². The molecule has 1 aliphatic heterocycles. The first-order valence-corrected chi connectivity index (χ1v) is 12.1. The van der Waals surface area contributed by atoms with Crippen LogP contribution in [-0.2, 0) is 26.1 Å². The molecule has 1 aliphatic rings. The predicted molar refractivity (Wildman–Crippen MR) is 103 cm³/mol. The van der Waals surface area contributed by atoms with Crippen LogP contribution in [0.1, 0.15) is 11.1 Å². The quantitative estimate of drug-likeness (QED) is 0.711. The van der Waals surface area contributed by atoms with Crippen molar-refractivity contribution in [2.75, 3.05) is 18.1 Å². The van der Waals surface area contributed by atoms with E-state index >= 15 is 0 Å². The minimum absolute atomic E-state index is 0.0844. The zero-order valence-electron chi connectivity index (χ0n) is 15.2. The summed E-state index contributed by atoms with van der Waals surface area (Å²) in [5, 5.41) is 1.88. The molecule has 152 valence electrons. The molecule has 1 fully saturated rings. The second-order valence-electron chi connectivity index (χ2n) is 7.01. The van der Waals surface area contributed by atoms with Crippen LogP contribution >= 0.6 is 0 Å². The number of nitrogens with one attached hydrogen (secondary N) is 1. The molecule has 0 radical (unpaired) electrons. The van der Waals surface area contributed by atoms with Crippen LogP contribution < -0.4 is 5.32 Å². The third-order valence-corrected chi connectivity index (χ3v) is 9.04. The Kier molecular flexibility index (Phi) is 5.88. The van der Waals surface area contributed by atoms with Crippen molar-refractivity contribution < 1.29 is 25.6 Å². The van der Waals surface area contributed by atoms with Crippen molar-refractivity contribution in [1.82, 2.24) is 5.32 Å². The molecule has 5 nitrogen and oxygen atoms in total. The van der Waals surface area contributed by atoms with E-state index in [1.54, 1.807) is 12.1 Å². The van der Waals surface area contributed by atoms with Gasteiger partial charge in [0.05, 0.1) is 21.7 Å². The highest BCUT2D eigenvalue weighted by molar-refractivity contribution is 7.96. The summed E-state index contributed by atoms with van der Waals surface area (Å²) in [4.78, 5) is -0.0844. The molecule has 0 unspecified atom stereocenters. The first-order valence-electron chi connectivity index (χ1n) is 8.77. The smallest absolute Gasteiger partial charge is 0.183 e. The number of rotatable bonds is 6. The zero-order valence-corrected chi connectivity index (χ0v) is 16.9. The maximum absolute atomic E-state index is 13.5. The molecule has 2 atom stereocenters. The molecule has 1 saturated heterocycles. The van der Waals surface area contributed by atoms with E-state index in [1.807, 2.05) is 0 Å². The standard InChI is InChI=1S/C19H21F2NO4S2/c1-13-10-16(6-7-17(13)21)28(25,26)19-12-27(23,24)11-18(19)22-9-8-14-2-4-15(20)5-3-14/h2-7,10,18-19,22H,8-9,11-12H2,1H3/t18-,19-/m1/s1. The van der Waals surface area contributed by atoms with Gasteiger partial charge in [0.25, 0.3) is 0 Å². The van der Waals surface area contributed by atoms with E-state index in [9.17, 15) is 25.6 Å². The summed E-state index contributed by atoms with van der Waals surface area (Å²) in [7, 11) is -7.48. The molecule has 0 aromatic heterocycles. The Morgan fingerprint density at radius 3 is 2.39 bits per heavy atom. The maximum atomic E-state index is 13.5. The van der Waals surface area contributed by atoms with E-state index in [2.05, 4.69) is 5.32 Å². The largest absolute Gasteiger partial charge is 0.311 e. The minimum atomic E-state index is -3.96. The Labute approximate surface area is 163 Å². The van der Waals surface area contributed by atoms with Gasteiger partial charge in [0.15, 0.2) is 19.7 Å². The molecular weight excluding hydrogens is 408 g/mol. The molecule has 0 aliphatic carbocycles. The van der Waals surface area contributed by atoms with E-state index in [1.165, 1.54) is 25.1 Å². The van der Waals surface area contributed by atoms with Crippen molar-refractivity contribution in [3.8, 4) is 0 Å². The number of hydrogen-bond acceptors (Lipinski definition) is 5. The molecule has 9 heteroatoms. The van der Waals surface area contributed by atoms with Crippen LogP contribution in [0.3, 0.4) is 0 Å². The van der Waals surface area contributed by atoms with Gasteiger partial charge in [-0.15, -0.1) is 0 Å². The monoisotopic (exact) mass is 429 g/mol. The normalized spacial score (nSPS) is 21.7. The van der Waals surface area contributed by atoms with Crippen molar-refractivity contribution >= 4 is 19.7 Å². The third-order valence-electron chi connectivity index (χ3n) is 4.89. The lowest BCUT2D eigenvalue weighted by Crippen LogP contribution is -2.44. The van der Waals surface area contributed by atoms with Crippen LogP contribution in [0.15, 0.2) is 47.4 Å². The topological polar surface area (TPSA) is 80.3 Å². The summed E-state index contributed by atoms with van der Waals surface area (Å²) in [6.07, 6.45) is 0.499. The van der Waals surface area contributed by atoms with Gasteiger partial charge in [0, 0.05) is 6.04 Å². The fourth-order valence-electron chi connectivity index (χ4n) is 3.33. The van der Waals surface area contributed by atoms with Gasteiger partial charge in [0.2, 0.25) is 0 Å². The first-order chi connectivity index (χ1) is 13.1. The number of benzene rings is 2. The highest BCUT2D eigenvalue weighted by Crippen LogP contribution is 2.27. The zero-order chi connectivity index (χ0) is 20.5. The molecule has 2 aromatic rings. The van der Waals surface area contributed by atoms with Gasteiger partial charge in [-0.3, -0.25) is 0 Å². The van der Waals surface area contributed by atoms with Crippen LogP contribution in [0, 0.1) is 18.6 Å². The third kappa shape index (κ3) is 4.59. The van der Waals surface area contributed by atoms with Gasteiger partial charge in [-0.25, -0.2) is 25.6 Å². The summed E-state index contributed by atoms with van der Waals surface area (Å²) in [6, 6.07) is 8.61. The Hall–Kier alpha value is -1.84. The lowest BCUT2D eigenvalue weighted by Gasteiger charge is -2.20. The van der Waals surface area contributed by atoms with Crippen LogP contribution in [0.4, 0.5) is 8.78 Å². The second kappa shape index (κ2) is 7.88. The van der Waals surface area contributed by atoms with Crippen molar-refractivity contribution in [2.24, 2.45) is 0 Å². The van der Waals surface area contributed by atoms with Gasteiger partial charge < -0.3 is 5.32 Å². The van der Waals surface area contributed by atoms with Gasteiger partial charge in [-0.1, -0.05) is 12.1 Å². The fourth-order valence-corrected chi connectivity index (χ4v) is 8.13. The van der Waals surface area contributed by atoms with Gasteiger partial charge in [-0.2, -0.15) is 0 Å². The van der Waals surface area contributed by atoms with Gasteiger partial charge in [0.1, 0.15) is 11.6 Å². The van der Waals surface area contributed by atoms with E-state index in [-0.39, 0.29) is 22.0 Å². The summed E-state index contributed by atoms with van der Waals surface area (Å²) < 4.78 is 76.7. The Bertz CT molecular complexity index is 1070. The van der Waals surface area contributed by atoms with Gasteiger partial charge >= 0.3 is 0 Å². The molecule has 0 saturated carbocycles. The molecule has 28 heavy (non-hydrogen) atoms. The first kappa shape index (κ1) is 20.9. The number of aryl methyl sites for hydroxylation is 1. The van der Waals surface area contributed by atoms with Crippen LogP contribution in [-0.4, -0.2) is 46.2 Å². The SMILES string of the molecule is Cc1cc(S(=O)(=O)[C@@H]2CS(=O)(=O)C[C@H]2NCCc2ccc(F)cc2)ccc1F. The molecule has 1 N–H and O–H groups in total. The summed E-state index contributed by atoms with van der Waals surface area (Å²) in [5.41, 5.74) is 1.03. The fraction of sp³-hybridized carbons (Fsp3) is 0.368.